The van der Waals surface area contributed by atoms with Crippen molar-refractivity contribution < 1.29 is 4.79 Å². The van der Waals surface area contributed by atoms with Crippen LogP contribution in [-0.2, 0) is 18.3 Å². The molecule has 0 saturated carbocycles. The summed E-state index contributed by atoms with van der Waals surface area (Å²) in [6.07, 6.45) is 0.550. The second kappa shape index (κ2) is 4.82. The van der Waals surface area contributed by atoms with Gasteiger partial charge in [-0.3, -0.25) is 9.89 Å². The highest BCUT2D eigenvalue weighted by Gasteiger charge is 2.28. The zero-order valence-corrected chi connectivity index (χ0v) is 11.8. The number of carbonyl (C=O) groups excluding carboxylic acids is 1. The van der Waals surface area contributed by atoms with Crippen LogP contribution in [0.5, 0.6) is 0 Å². The number of benzene rings is 1. The van der Waals surface area contributed by atoms with Crippen LogP contribution in [-0.4, -0.2) is 25.9 Å². The van der Waals surface area contributed by atoms with E-state index in [1.54, 1.807) is 16.3 Å². The number of hydrogen-bond acceptors (Lipinski definition) is 4. The van der Waals surface area contributed by atoms with Crippen molar-refractivity contribution in [3.8, 4) is 0 Å². The first-order valence-electron chi connectivity index (χ1n) is 5.82. The van der Waals surface area contributed by atoms with Gasteiger partial charge in [0.1, 0.15) is 5.82 Å². The first-order chi connectivity index (χ1) is 9.15. The molecule has 0 aliphatic carbocycles. The zero-order valence-electron chi connectivity index (χ0n) is 10.2. The number of aromatic nitrogens is 3. The minimum Gasteiger partial charge on any atom is -0.324 e. The number of fused-ring (bicyclic) bond motifs is 1. The number of nitrogens with one attached hydrogen (secondary N) is 2. The summed E-state index contributed by atoms with van der Waals surface area (Å²) in [5, 5.41) is 9.63. The fraction of sp³-hybridized carbons (Fsp3) is 0.250. The summed E-state index contributed by atoms with van der Waals surface area (Å²) in [7, 11) is 1.85. The van der Waals surface area contributed by atoms with Gasteiger partial charge in [-0.2, -0.15) is 5.10 Å². The van der Waals surface area contributed by atoms with Crippen LogP contribution < -0.4 is 5.32 Å². The van der Waals surface area contributed by atoms with E-state index in [1.165, 1.54) is 0 Å². The molecule has 1 aromatic carbocycles. The Balaban J connectivity index is 1.85. The highest BCUT2D eigenvalue weighted by Crippen LogP contribution is 2.36. The number of amides is 1. The molecule has 7 heteroatoms. The van der Waals surface area contributed by atoms with Crippen molar-refractivity contribution in [2.45, 2.75) is 16.6 Å². The molecule has 19 heavy (non-hydrogen) atoms. The predicted octanol–water partition coefficient (Wildman–Crippen LogP) is 2.13. The SMILES string of the molecule is Cn1c(C[C@H]2Sc3ccccc3NC2=O)n[nH]c1=S. The van der Waals surface area contributed by atoms with Gasteiger partial charge in [-0.25, -0.2) is 0 Å². The lowest BCUT2D eigenvalue weighted by Gasteiger charge is -2.23. The minimum absolute atomic E-state index is 0.0117. The Morgan fingerprint density at radius 2 is 2.26 bits per heavy atom. The maximum absolute atomic E-state index is 12.1. The molecule has 0 fully saturated rings. The van der Waals surface area contributed by atoms with Crippen molar-refractivity contribution >= 4 is 35.6 Å². The smallest absolute Gasteiger partial charge is 0.238 e. The van der Waals surface area contributed by atoms with E-state index in [0.29, 0.717) is 11.2 Å². The highest BCUT2D eigenvalue weighted by molar-refractivity contribution is 8.01. The lowest BCUT2D eigenvalue weighted by molar-refractivity contribution is -0.115. The molecule has 1 aromatic heterocycles. The van der Waals surface area contributed by atoms with Crippen molar-refractivity contribution in [2.75, 3.05) is 5.32 Å². The molecule has 0 bridgehead atoms. The Morgan fingerprint density at radius 3 is 3.00 bits per heavy atom. The maximum atomic E-state index is 12.1. The average Bonchev–Trinajstić information content (AvgIpc) is 2.71. The maximum Gasteiger partial charge on any atom is 0.238 e. The number of carbonyl (C=O) groups is 1. The predicted molar refractivity (Wildman–Crippen MR) is 76.8 cm³/mol. The molecule has 2 N–H and O–H groups in total. The van der Waals surface area contributed by atoms with Gasteiger partial charge in [-0.1, -0.05) is 12.1 Å². The summed E-state index contributed by atoms with van der Waals surface area (Å²) in [6.45, 7) is 0. The molecule has 0 spiro atoms. The number of hydrogen-bond donors (Lipinski definition) is 2. The third-order valence-electron chi connectivity index (χ3n) is 3.05. The van der Waals surface area contributed by atoms with Gasteiger partial charge in [0.25, 0.3) is 0 Å². The Labute approximate surface area is 119 Å². The summed E-state index contributed by atoms with van der Waals surface area (Å²) >= 11 is 6.64. The fourth-order valence-electron chi connectivity index (χ4n) is 1.96. The molecular formula is C12H12N4OS2. The summed E-state index contributed by atoms with van der Waals surface area (Å²) < 4.78 is 2.36. The third kappa shape index (κ3) is 2.31. The van der Waals surface area contributed by atoms with Gasteiger partial charge in [0.05, 0.1) is 10.9 Å². The van der Waals surface area contributed by atoms with Crippen LogP contribution in [0.1, 0.15) is 5.82 Å². The molecule has 98 valence electrons. The summed E-state index contributed by atoms with van der Waals surface area (Å²) in [5.41, 5.74) is 0.879. The minimum atomic E-state index is -0.182. The van der Waals surface area contributed by atoms with Gasteiger partial charge >= 0.3 is 0 Å². The number of nitrogens with zero attached hydrogens (tertiary/aromatic N) is 2. The average molecular weight is 292 g/mol. The molecule has 3 rings (SSSR count). The first-order valence-corrected chi connectivity index (χ1v) is 7.11. The van der Waals surface area contributed by atoms with E-state index < -0.39 is 0 Å². The van der Waals surface area contributed by atoms with Gasteiger partial charge in [-0.05, 0) is 24.4 Å². The molecule has 5 nitrogen and oxygen atoms in total. The zero-order chi connectivity index (χ0) is 13.4. The molecule has 1 atom stereocenters. The van der Waals surface area contributed by atoms with Crippen LogP contribution in [0.3, 0.4) is 0 Å². The largest absolute Gasteiger partial charge is 0.324 e. The van der Waals surface area contributed by atoms with Crippen LogP contribution in [0.25, 0.3) is 0 Å². The third-order valence-corrected chi connectivity index (χ3v) is 4.69. The number of rotatable bonds is 2. The standard InChI is InChI=1S/C12H12N4OS2/c1-16-10(14-15-12(16)18)6-9-11(17)13-7-4-2-3-5-8(7)19-9/h2-5,9H,6H2,1H3,(H,13,17)(H,15,18)/t9-/m1/s1. The molecule has 1 amide bonds. The number of para-hydroxylation sites is 1. The summed E-state index contributed by atoms with van der Waals surface area (Å²) in [6, 6.07) is 7.80. The van der Waals surface area contributed by atoms with E-state index in [9.17, 15) is 4.79 Å². The highest BCUT2D eigenvalue weighted by atomic mass is 32.2. The number of thioether (sulfide) groups is 1. The first kappa shape index (κ1) is 12.4. The van der Waals surface area contributed by atoms with Gasteiger partial charge < -0.3 is 9.88 Å². The van der Waals surface area contributed by atoms with Gasteiger partial charge in [0.15, 0.2) is 4.77 Å². The molecule has 2 heterocycles. The lowest BCUT2D eigenvalue weighted by atomic mass is 10.2. The van der Waals surface area contributed by atoms with Crippen molar-refractivity contribution in [2.24, 2.45) is 7.05 Å². The fourth-order valence-corrected chi connectivity index (χ4v) is 3.21. The molecule has 1 aliphatic heterocycles. The lowest BCUT2D eigenvalue weighted by Crippen LogP contribution is -2.31. The molecular weight excluding hydrogens is 280 g/mol. The van der Waals surface area contributed by atoms with E-state index in [1.807, 2.05) is 31.3 Å². The molecule has 1 aliphatic rings. The van der Waals surface area contributed by atoms with Crippen LogP contribution >= 0.6 is 24.0 Å². The van der Waals surface area contributed by atoms with Crippen LogP contribution in [0.2, 0.25) is 0 Å². The van der Waals surface area contributed by atoms with Crippen molar-refractivity contribution in [1.82, 2.24) is 14.8 Å². The van der Waals surface area contributed by atoms with E-state index in [2.05, 4.69) is 15.5 Å². The van der Waals surface area contributed by atoms with Gasteiger partial charge in [-0.15, -0.1) is 11.8 Å². The summed E-state index contributed by atoms with van der Waals surface area (Å²) in [4.78, 5) is 13.2. The van der Waals surface area contributed by atoms with E-state index in [4.69, 9.17) is 12.2 Å². The van der Waals surface area contributed by atoms with E-state index in [0.717, 1.165) is 16.4 Å². The second-order valence-electron chi connectivity index (χ2n) is 4.30. The van der Waals surface area contributed by atoms with Crippen LogP contribution in [0.15, 0.2) is 29.2 Å². The normalized spacial score (nSPS) is 17.9. The molecule has 0 saturated heterocycles. The van der Waals surface area contributed by atoms with Gasteiger partial charge in [0, 0.05) is 18.4 Å². The van der Waals surface area contributed by atoms with E-state index in [-0.39, 0.29) is 11.2 Å². The Kier molecular flexibility index (Phi) is 3.16. The van der Waals surface area contributed by atoms with Crippen LogP contribution in [0.4, 0.5) is 5.69 Å². The Hall–Kier alpha value is -1.60. The van der Waals surface area contributed by atoms with Gasteiger partial charge in [0.2, 0.25) is 5.91 Å². The Bertz CT molecular complexity index is 691. The van der Waals surface area contributed by atoms with Crippen molar-refractivity contribution in [3.63, 3.8) is 0 Å². The Morgan fingerprint density at radius 1 is 1.47 bits per heavy atom. The number of aromatic amines is 1. The number of anilines is 1. The van der Waals surface area contributed by atoms with Crippen molar-refractivity contribution in [3.05, 3.63) is 34.9 Å². The second-order valence-corrected chi connectivity index (χ2v) is 5.93. The monoisotopic (exact) mass is 292 g/mol. The van der Waals surface area contributed by atoms with Crippen molar-refractivity contribution in [1.29, 1.82) is 0 Å². The topological polar surface area (TPSA) is 62.7 Å². The quantitative estimate of drug-likeness (QED) is 0.832. The molecule has 2 aromatic rings. The molecule has 0 radical (unpaired) electrons. The molecule has 0 unspecified atom stereocenters. The number of H-pyrrole nitrogens is 1. The van der Waals surface area contributed by atoms with E-state index >= 15 is 0 Å². The van der Waals surface area contributed by atoms with Crippen LogP contribution in [0, 0.1) is 4.77 Å². The summed E-state index contributed by atoms with van der Waals surface area (Å²) in [5.74, 6) is 0.801.